The normalized spacial score (nSPS) is 8.40. The van der Waals surface area contributed by atoms with E-state index in [2.05, 4.69) is 166 Å². The van der Waals surface area contributed by atoms with Crippen LogP contribution in [0.25, 0.3) is 0 Å². The van der Waals surface area contributed by atoms with Gasteiger partial charge >= 0.3 is 11.9 Å². The van der Waals surface area contributed by atoms with Crippen LogP contribution in [0.15, 0.2) is 24.3 Å². The van der Waals surface area contributed by atoms with Gasteiger partial charge in [0.25, 0.3) is 0 Å². The Bertz CT molecular complexity index is 2310. The molecule has 0 saturated carbocycles. The molecule has 0 unspecified atom stereocenters. The van der Waals surface area contributed by atoms with Gasteiger partial charge in [-0.1, -0.05) is 74.4 Å². The van der Waals surface area contributed by atoms with Crippen LogP contribution in [0.5, 0.6) is 0 Å². The Labute approximate surface area is 348 Å². The highest BCUT2D eigenvalue weighted by Crippen LogP contribution is 2.10. The van der Waals surface area contributed by atoms with E-state index in [4.69, 9.17) is 9.47 Å². The number of ether oxygens (including phenoxy) is 2. The second-order valence-electron chi connectivity index (χ2n) is 11.2. The fraction of sp³-hybridized carbons (Fsp3) is 0.358. The summed E-state index contributed by atoms with van der Waals surface area (Å²) < 4.78 is 10.5. The SMILES string of the molecule is CC#CC#CC#CC#CC#CC#CC#CC=CCCCCCCCC(=O)OC[C@H](CO)OC(=O)CCCCCCC/C=C\C#CC#CC#CC#CC#CC#CC#CC. The van der Waals surface area contributed by atoms with Gasteiger partial charge in [0.2, 0.25) is 0 Å². The molecule has 5 nitrogen and oxygen atoms in total. The van der Waals surface area contributed by atoms with Crippen molar-refractivity contribution < 1.29 is 24.2 Å². The predicted octanol–water partition coefficient (Wildman–Crippen LogP) is 6.09. The minimum Gasteiger partial charge on any atom is -0.462 e. The van der Waals surface area contributed by atoms with Crippen molar-refractivity contribution in [3.63, 3.8) is 0 Å². The largest absolute Gasteiger partial charge is 0.462 e. The molecule has 286 valence electrons. The molecular weight excluding hydrogens is 717 g/mol. The van der Waals surface area contributed by atoms with E-state index < -0.39 is 18.7 Å². The van der Waals surface area contributed by atoms with Gasteiger partial charge in [-0.25, -0.2) is 0 Å². The smallest absolute Gasteiger partial charge is 0.306 e. The highest BCUT2D eigenvalue weighted by molar-refractivity contribution is 5.70. The van der Waals surface area contributed by atoms with Gasteiger partial charge in [-0.2, -0.15) is 0 Å². The summed E-state index contributed by atoms with van der Waals surface area (Å²) in [4.78, 5) is 24.3. The molecule has 0 aliphatic heterocycles. The summed E-state index contributed by atoms with van der Waals surface area (Å²) in [5.74, 6) is 72.1. The molecule has 0 rings (SSSR count). The molecule has 0 aliphatic carbocycles. The first kappa shape index (κ1) is 50.2. The maximum absolute atomic E-state index is 12.2. The molecule has 5 heteroatoms. The van der Waals surface area contributed by atoms with E-state index in [1.807, 2.05) is 12.2 Å². The molecule has 0 aromatic rings. The van der Waals surface area contributed by atoms with E-state index in [1.54, 1.807) is 26.0 Å². The number of rotatable bonds is 20. The van der Waals surface area contributed by atoms with Crippen molar-refractivity contribution >= 4 is 11.9 Å². The summed E-state index contributed by atoms with van der Waals surface area (Å²) in [6, 6.07) is 0. The van der Waals surface area contributed by atoms with Gasteiger partial charge in [-0.3, -0.25) is 9.59 Å². The van der Waals surface area contributed by atoms with E-state index in [-0.39, 0.29) is 25.4 Å². The number of esters is 2. The van der Waals surface area contributed by atoms with Gasteiger partial charge in [0.1, 0.15) is 6.61 Å². The van der Waals surface area contributed by atoms with E-state index in [0.29, 0.717) is 12.8 Å². The Morgan fingerprint density at radius 2 is 0.776 bits per heavy atom. The van der Waals surface area contributed by atoms with Gasteiger partial charge < -0.3 is 14.6 Å². The summed E-state index contributed by atoms with van der Waals surface area (Å²) >= 11 is 0. The van der Waals surface area contributed by atoms with Gasteiger partial charge in [0.05, 0.1) is 6.61 Å². The zero-order valence-corrected chi connectivity index (χ0v) is 33.3. The Morgan fingerprint density at radius 1 is 0.448 bits per heavy atom. The summed E-state index contributed by atoms with van der Waals surface area (Å²) in [6.45, 7) is 2.84. The van der Waals surface area contributed by atoms with E-state index in [9.17, 15) is 14.7 Å². The molecule has 0 heterocycles. The topological polar surface area (TPSA) is 72.8 Å². The van der Waals surface area contributed by atoms with Crippen LogP contribution in [0.3, 0.4) is 0 Å². The molecule has 0 fully saturated rings. The number of aliphatic hydroxyl groups is 1. The van der Waals surface area contributed by atoms with Gasteiger partial charge in [-0.05, 0) is 207 Å². The number of allylic oxidation sites excluding steroid dienone is 4. The fourth-order valence-corrected chi connectivity index (χ4v) is 3.94. The van der Waals surface area contributed by atoms with Crippen molar-refractivity contribution in [1.82, 2.24) is 0 Å². The maximum Gasteiger partial charge on any atom is 0.306 e. The van der Waals surface area contributed by atoms with Crippen molar-refractivity contribution in [3.8, 4) is 166 Å². The third kappa shape index (κ3) is 41.0. The number of hydrogen-bond donors (Lipinski definition) is 1. The van der Waals surface area contributed by atoms with Crippen LogP contribution in [0.2, 0.25) is 0 Å². The third-order valence-electron chi connectivity index (χ3n) is 6.61. The molecule has 0 spiro atoms. The highest BCUT2D eigenvalue weighted by Gasteiger charge is 2.16. The highest BCUT2D eigenvalue weighted by atomic mass is 16.6. The molecule has 0 aromatic heterocycles. The first-order valence-corrected chi connectivity index (χ1v) is 18.7. The van der Waals surface area contributed by atoms with Crippen molar-refractivity contribution in [2.45, 2.75) is 110 Å². The Kier molecular flexibility index (Phi) is 37.8. The minimum absolute atomic E-state index is 0.150. The van der Waals surface area contributed by atoms with E-state index in [0.717, 1.165) is 64.2 Å². The standard InChI is InChI=1S/C53H44O5/c1-3-5-7-9-11-13-15-17-19-21-23-25-27-29-31-33-35-37-39-41-43-45-47-52(55)57-50-51(49-54)58-53(56)48-46-44-42-40-38-36-34-32-30-28-26-24-22-20-18-16-14-12-10-8-6-4-2/h31-34,51,54H,35-50H2,1-2H3/b33-31?,34-32-/t51-/m0/s1. The summed E-state index contributed by atoms with van der Waals surface area (Å²) in [7, 11) is 0. The Balaban J connectivity index is 3.93. The first-order valence-electron chi connectivity index (χ1n) is 18.7. The molecule has 1 N–H and O–H groups in total. The molecule has 0 amide bonds. The van der Waals surface area contributed by atoms with Crippen LogP contribution in [-0.2, 0) is 19.1 Å². The van der Waals surface area contributed by atoms with E-state index in [1.165, 1.54) is 0 Å². The summed E-state index contributed by atoms with van der Waals surface area (Å²) in [5.41, 5.74) is 0. The van der Waals surface area contributed by atoms with Crippen LogP contribution < -0.4 is 0 Å². The number of unbranched alkanes of at least 4 members (excludes halogenated alkanes) is 10. The van der Waals surface area contributed by atoms with Gasteiger partial charge in [-0.15, -0.1) is 0 Å². The van der Waals surface area contributed by atoms with Gasteiger partial charge in [0.15, 0.2) is 6.10 Å². The van der Waals surface area contributed by atoms with Crippen LogP contribution >= 0.6 is 0 Å². The maximum atomic E-state index is 12.2. The van der Waals surface area contributed by atoms with Gasteiger partial charge in [0, 0.05) is 12.8 Å². The third-order valence-corrected chi connectivity index (χ3v) is 6.61. The zero-order chi connectivity index (χ0) is 42.1. The lowest BCUT2D eigenvalue weighted by Gasteiger charge is -2.15. The van der Waals surface area contributed by atoms with E-state index >= 15 is 0 Å². The fourth-order valence-electron chi connectivity index (χ4n) is 3.94. The van der Waals surface area contributed by atoms with Crippen molar-refractivity contribution in [2.75, 3.05) is 13.2 Å². The molecule has 0 aliphatic rings. The van der Waals surface area contributed by atoms with Crippen LogP contribution in [-0.4, -0.2) is 36.4 Å². The molecule has 0 aromatic carbocycles. The first-order chi connectivity index (χ1) is 28.6. The molecule has 0 saturated heterocycles. The summed E-state index contributed by atoms with van der Waals surface area (Å²) in [5, 5.41) is 9.56. The average Bonchev–Trinajstić information content (AvgIpc) is 3.23. The summed E-state index contributed by atoms with van der Waals surface area (Å²) in [6.07, 6.45) is 18.4. The second kappa shape index (κ2) is 43.6. The molecule has 0 radical (unpaired) electrons. The quantitative estimate of drug-likeness (QED) is 0.0925. The Hall–Kier alpha value is -7.78. The lowest BCUT2D eigenvalue weighted by Crippen LogP contribution is -2.28. The number of carbonyl (C=O) groups is 2. The second-order valence-corrected chi connectivity index (χ2v) is 11.2. The van der Waals surface area contributed by atoms with Crippen LogP contribution in [0.1, 0.15) is 104 Å². The van der Waals surface area contributed by atoms with Crippen molar-refractivity contribution in [3.05, 3.63) is 24.3 Å². The number of carbonyl (C=O) groups excluding carboxylic acids is 2. The average molecular weight is 761 g/mol. The minimum atomic E-state index is -0.857. The molecule has 1 atom stereocenters. The monoisotopic (exact) mass is 760 g/mol. The predicted molar refractivity (Wildman–Crippen MR) is 231 cm³/mol. The molecule has 58 heavy (non-hydrogen) atoms. The van der Waals surface area contributed by atoms with Crippen LogP contribution in [0.4, 0.5) is 0 Å². The number of aliphatic hydroxyl groups excluding tert-OH is 1. The van der Waals surface area contributed by atoms with Crippen LogP contribution in [0, 0.1) is 166 Å². The zero-order valence-electron chi connectivity index (χ0n) is 33.3. The lowest BCUT2D eigenvalue weighted by molar-refractivity contribution is -0.161. The lowest BCUT2D eigenvalue weighted by atomic mass is 10.1. The Morgan fingerprint density at radius 3 is 1.16 bits per heavy atom. The van der Waals surface area contributed by atoms with Crippen molar-refractivity contribution in [2.24, 2.45) is 0 Å². The molecule has 0 bridgehead atoms. The van der Waals surface area contributed by atoms with Crippen molar-refractivity contribution in [1.29, 1.82) is 0 Å². The number of hydrogen-bond acceptors (Lipinski definition) is 5. The molecular formula is C53H44O5.